The molecule has 56 valence electrons. The predicted octanol–water partition coefficient (Wildman–Crippen LogP) is 1.41. The van der Waals surface area contributed by atoms with Crippen molar-refractivity contribution in [1.29, 1.82) is 0 Å². The molecule has 2 heteroatoms. The Bertz CT molecular complexity index is 304. The number of nitrogens with one attached hydrogen (secondary N) is 1. The van der Waals surface area contributed by atoms with Gasteiger partial charge >= 0.3 is 0 Å². The Labute approximate surface area is 65.7 Å². The van der Waals surface area contributed by atoms with Crippen molar-refractivity contribution in [3.63, 3.8) is 0 Å². The van der Waals surface area contributed by atoms with E-state index in [-0.39, 0.29) is 6.17 Å². The first kappa shape index (κ1) is 6.43. The molecule has 0 amide bonds. The van der Waals surface area contributed by atoms with Crippen LogP contribution in [0.3, 0.4) is 0 Å². The zero-order valence-electron chi connectivity index (χ0n) is 6.17. The number of benzene rings is 1. The van der Waals surface area contributed by atoms with E-state index in [1.54, 1.807) is 0 Å². The Kier molecular flexibility index (Phi) is 1.23. The van der Waals surface area contributed by atoms with Crippen molar-refractivity contribution in [3.05, 3.63) is 36.4 Å². The third kappa shape index (κ3) is 0.835. The smallest absolute Gasteiger partial charge is 0.101 e. The summed E-state index contributed by atoms with van der Waals surface area (Å²) in [5.41, 5.74) is 8.92. The van der Waals surface area contributed by atoms with Crippen molar-refractivity contribution < 1.29 is 0 Å². The number of nitrogens with two attached hydrogens (primary N) is 1. The van der Waals surface area contributed by atoms with Crippen LogP contribution in [0.15, 0.2) is 30.8 Å². The van der Waals surface area contributed by atoms with Gasteiger partial charge in [0.2, 0.25) is 0 Å². The van der Waals surface area contributed by atoms with E-state index in [1.165, 1.54) is 0 Å². The molecule has 0 bridgehead atoms. The van der Waals surface area contributed by atoms with Crippen LogP contribution < -0.4 is 11.1 Å². The first-order chi connectivity index (χ1) is 5.29. The maximum atomic E-state index is 5.72. The second-order valence-electron chi connectivity index (χ2n) is 2.69. The van der Waals surface area contributed by atoms with Crippen molar-refractivity contribution in [2.75, 3.05) is 5.32 Å². The molecule has 11 heavy (non-hydrogen) atoms. The van der Waals surface area contributed by atoms with Gasteiger partial charge in [-0.1, -0.05) is 24.8 Å². The highest BCUT2D eigenvalue weighted by Gasteiger charge is 2.19. The van der Waals surface area contributed by atoms with Crippen LogP contribution in [-0.4, -0.2) is 6.17 Å². The highest BCUT2D eigenvalue weighted by Crippen LogP contribution is 2.30. The first-order valence-electron chi connectivity index (χ1n) is 3.59. The minimum absolute atomic E-state index is 0.104. The zero-order chi connectivity index (χ0) is 7.84. The van der Waals surface area contributed by atoms with Crippen molar-refractivity contribution in [2.24, 2.45) is 5.73 Å². The number of hydrogen-bond acceptors (Lipinski definition) is 2. The molecule has 1 heterocycles. The lowest BCUT2D eigenvalue weighted by molar-refractivity contribution is 0.998. The van der Waals surface area contributed by atoms with Crippen LogP contribution in [0.4, 0.5) is 5.69 Å². The fraction of sp³-hybridized carbons (Fsp3) is 0.111. The number of para-hydroxylation sites is 1. The van der Waals surface area contributed by atoms with Crippen molar-refractivity contribution >= 4 is 11.3 Å². The highest BCUT2D eigenvalue weighted by atomic mass is 15.1. The summed E-state index contributed by atoms with van der Waals surface area (Å²) in [5.74, 6) is 0. The van der Waals surface area contributed by atoms with Crippen LogP contribution in [0.25, 0.3) is 5.57 Å². The minimum atomic E-state index is -0.104. The average molecular weight is 146 g/mol. The third-order valence-electron chi connectivity index (χ3n) is 1.96. The monoisotopic (exact) mass is 146 g/mol. The molecule has 0 spiro atoms. The molecule has 1 atom stereocenters. The lowest BCUT2D eigenvalue weighted by atomic mass is 10.1. The second-order valence-corrected chi connectivity index (χ2v) is 2.69. The highest BCUT2D eigenvalue weighted by molar-refractivity contribution is 5.84. The lowest BCUT2D eigenvalue weighted by Gasteiger charge is -2.02. The van der Waals surface area contributed by atoms with E-state index in [2.05, 4.69) is 11.9 Å². The molecule has 2 nitrogen and oxygen atoms in total. The summed E-state index contributed by atoms with van der Waals surface area (Å²) in [6.07, 6.45) is -0.104. The number of rotatable bonds is 0. The maximum Gasteiger partial charge on any atom is 0.101 e. The topological polar surface area (TPSA) is 38.0 Å². The molecule has 0 saturated carbocycles. The van der Waals surface area contributed by atoms with E-state index in [9.17, 15) is 0 Å². The minimum Gasteiger partial charge on any atom is -0.366 e. The van der Waals surface area contributed by atoms with Gasteiger partial charge in [-0.25, -0.2) is 0 Å². The van der Waals surface area contributed by atoms with Gasteiger partial charge in [0.25, 0.3) is 0 Å². The van der Waals surface area contributed by atoms with E-state index in [0.717, 1.165) is 16.8 Å². The van der Waals surface area contributed by atoms with E-state index in [4.69, 9.17) is 5.73 Å². The van der Waals surface area contributed by atoms with Gasteiger partial charge in [-0.15, -0.1) is 0 Å². The van der Waals surface area contributed by atoms with E-state index in [0.29, 0.717) is 0 Å². The quantitative estimate of drug-likeness (QED) is 0.580. The van der Waals surface area contributed by atoms with Crippen LogP contribution in [-0.2, 0) is 0 Å². The van der Waals surface area contributed by atoms with Gasteiger partial charge < -0.3 is 11.1 Å². The van der Waals surface area contributed by atoms with Crippen LogP contribution in [0.2, 0.25) is 0 Å². The summed E-state index contributed by atoms with van der Waals surface area (Å²) in [6, 6.07) is 8.01. The number of fused-ring (bicyclic) bond motifs is 1. The lowest BCUT2D eigenvalue weighted by Crippen LogP contribution is -2.24. The fourth-order valence-electron chi connectivity index (χ4n) is 1.31. The Morgan fingerprint density at radius 1 is 1.36 bits per heavy atom. The fourth-order valence-corrected chi connectivity index (χ4v) is 1.31. The van der Waals surface area contributed by atoms with E-state index < -0.39 is 0 Å². The molecule has 2 rings (SSSR count). The standard InChI is InChI=1S/C9H10N2/c1-6-7-4-2-3-5-8(7)11-9(6)10/h2-5,9,11H,1,10H2. The molecule has 0 saturated heterocycles. The van der Waals surface area contributed by atoms with Gasteiger partial charge in [-0.2, -0.15) is 0 Å². The molecule has 0 fully saturated rings. The van der Waals surface area contributed by atoms with Crippen LogP contribution >= 0.6 is 0 Å². The van der Waals surface area contributed by atoms with Gasteiger partial charge in [0, 0.05) is 11.3 Å². The number of hydrogen-bond donors (Lipinski definition) is 2. The molecule has 0 aliphatic carbocycles. The van der Waals surface area contributed by atoms with E-state index in [1.807, 2.05) is 24.3 Å². The Hall–Kier alpha value is -1.28. The van der Waals surface area contributed by atoms with Gasteiger partial charge in [0.15, 0.2) is 0 Å². The van der Waals surface area contributed by atoms with Crippen LogP contribution in [0.1, 0.15) is 5.56 Å². The summed E-state index contributed by atoms with van der Waals surface area (Å²) < 4.78 is 0. The SMILES string of the molecule is C=C1c2ccccc2NC1N. The molecule has 3 N–H and O–H groups in total. The van der Waals surface area contributed by atoms with Crippen LogP contribution in [0.5, 0.6) is 0 Å². The van der Waals surface area contributed by atoms with Crippen molar-refractivity contribution in [2.45, 2.75) is 6.17 Å². The van der Waals surface area contributed by atoms with E-state index >= 15 is 0 Å². The van der Waals surface area contributed by atoms with Crippen LogP contribution in [0, 0.1) is 0 Å². The summed E-state index contributed by atoms with van der Waals surface area (Å²) in [7, 11) is 0. The predicted molar refractivity (Wildman–Crippen MR) is 47.1 cm³/mol. The van der Waals surface area contributed by atoms with Crippen molar-refractivity contribution in [3.8, 4) is 0 Å². The first-order valence-corrected chi connectivity index (χ1v) is 3.59. The molecular formula is C9H10N2. The maximum absolute atomic E-state index is 5.72. The molecular weight excluding hydrogens is 136 g/mol. The summed E-state index contributed by atoms with van der Waals surface area (Å²) in [4.78, 5) is 0. The van der Waals surface area contributed by atoms with Gasteiger partial charge in [-0.05, 0) is 11.6 Å². The summed E-state index contributed by atoms with van der Waals surface area (Å²) in [6.45, 7) is 3.89. The Balaban J connectivity index is 2.55. The summed E-state index contributed by atoms with van der Waals surface area (Å²) >= 11 is 0. The molecule has 1 aromatic carbocycles. The molecule has 1 aromatic rings. The normalized spacial score (nSPS) is 21.2. The molecule has 0 radical (unpaired) electrons. The second kappa shape index (κ2) is 2.10. The van der Waals surface area contributed by atoms with Gasteiger partial charge in [0.05, 0.1) is 0 Å². The Morgan fingerprint density at radius 3 is 2.82 bits per heavy atom. The van der Waals surface area contributed by atoms with Gasteiger partial charge in [0.1, 0.15) is 6.17 Å². The molecule has 1 aliphatic heterocycles. The number of anilines is 1. The third-order valence-corrected chi connectivity index (χ3v) is 1.96. The molecule has 0 aromatic heterocycles. The van der Waals surface area contributed by atoms with Gasteiger partial charge in [-0.3, -0.25) is 0 Å². The largest absolute Gasteiger partial charge is 0.366 e. The molecule has 1 aliphatic rings. The zero-order valence-corrected chi connectivity index (χ0v) is 6.17. The summed E-state index contributed by atoms with van der Waals surface area (Å²) in [5, 5.41) is 3.13. The Morgan fingerprint density at radius 2 is 2.09 bits per heavy atom. The average Bonchev–Trinajstić information content (AvgIpc) is 2.30. The van der Waals surface area contributed by atoms with Crippen molar-refractivity contribution in [1.82, 2.24) is 0 Å². The molecule has 1 unspecified atom stereocenters.